The van der Waals surface area contributed by atoms with E-state index in [1.54, 1.807) is 5.06 Å². The maximum Gasteiger partial charge on any atom is 0.240 e. The van der Waals surface area contributed by atoms with Crippen molar-refractivity contribution in [2.75, 3.05) is 19.8 Å². The summed E-state index contributed by atoms with van der Waals surface area (Å²) in [5, 5.41) is 25.6. The number of aliphatic hydroxyl groups excluding tert-OH is 2. The summed E-state index contributed by atoms with van der Waals surface area (Å²) in [6.45, 7) is 0.229. The van der Waals surface area contributed by atoms with Gasteiger partial charge in [-0.15, -0.1) is 0 Å². The first-order valence-electron chi connectivity index (χ1n) is 12.8. The number of carbonyl (C=O) groups excluding carboxylic acids is 1. The van der Waals surface area contributed by atoms with Crippen molar-refractivity contribution < 1.29 is 19.8 Å². The van der Waals surface area contributed by atoms with Crippen LogP contribution in [0.5, 0.6) is 0 Å². The highest BCUT2D eigenvalue weighted by Gasteiger charge is 2.46. The Bertz CT molecular complexity index is 1420. The van der Waals surface area contributed by atoms with Gasteiger partial charge in [-0.3, -0.25) is 9.63 Å². The van der Waals surface area contributed by atoms with Gasteiger partial charge < -0.3 is 20.5 Å². The molecule has 0 spiro atoms. The Hall–Kier alpha value is -3.93. The zero-order valence-electron chi connectivity index (χ0n) is 21.0. The van der Waals surface area contributed by atoms with Crippen molar-refractivity contribution in [2.45, 2.75) is 25.1 Å². The number of hydroxylamine groups is 2. The van der Waals surface area contributed by atoms with Crippen molar-refractivity contribution in [3.05, 3.63) is 107 Å². The van der Waals surface area contributed by atoms with Gasteiger partial charge >= 0.3 is 0 Å². The Balaban J connectivity index is 1.24. The van der Waals surface area contributed by atoms with Crippen LogP contribution in [0, 0.1) is 17.8 Å². The van der Waals surface area contributed by atoms with Gasteiger partial charge in [0.2, 0.25) is 5.91 Å². The summed E-state index contributed by atoms with van der Waals surface area (Å²) in [7, 11) is 0. The molecule has 194 valence electrons. The standard InChI is InChI=1S/C31H31N3O4/c35-20-27-29(21-36)38-34(19-24-14-12-23(13-15-24)11-10-22-6-2-1-3-7-22)30(27)31(37)32-17-16-25-18-33-28-9-5-4-8-26(25)28/h1-9,12-15,18,27,29-30,33,35-36H,16-17,19-21H2,(H,32,37). The fourth-order valence-corrected chi connectivity index (χ4v) is 4.88. The molecule has 0 radical (unpaired) electrons. The number of para-hydroxylation sites is 1. The van der Waals surface area contributed by atoms with Crippen LogP contribution < -0.4 is 5.32 Å². The molecule has 1 aromatic heterocycles. The molecule has 1 amide bonds. The van der Waals surface area contributed by atoms with Crippen LogP contribution in [-0.2, 0) is 22.6 Å². The van der Waals surface area contributed by atoms with Crippen LogP contribution in [0.2, 0.25) is 0 Å². The summed E-state index contributed by atoms with van der Waals surface area (Å²) >= 11 is 0. The molecule has 7 heteroatoms. The van der Waals surface area contributed by atoms with Crippen LogP contribution in [0.25, 0.3) is 10.9 Å². The molecule has 4 N–H and O–H groups in total. The number of fused-ring (bicyclic) bond motifs is 1. The maximum atomic E-state index is 13.3. The average Bonchev–Trinajstić information content (AvgIpc) is 3.54. The lowest BCUT2D eigenvalue weighted by atomic mass is 9.95. The lowest BCUT2D eigenvalue weighted by molar-refractivity contribution is -0.181. The zero-order chi connectivity index (χ0) is 26.3. The van der Waals surface area contributed by atoms with E-state index in [0.717, 1.165) is 33.2 Å². The molecule has 7 nitrogen and oxygen atoms in total. The number of nitrogens with one attached hydrogen (secondary N) is 2. The van der Waals surface area contributed by atoms with E-state index >= 15 is 0 Å². The molecular formula is C31H31N3O4. The summed E-state index contributed by atoms with van der Waals surface area (Å²) < 4.78 is 0. The molecule has 1 aliphatic heterocycles. The third kappa shape index (κ3) is 5.80. The smallest absolute Gasteiger partial charge is 0.240 e. The van der Waals surface area contributed by atoms with Crippen molar-refractivity contribution in [3.63, 3.8) is 0 Å². The Morgan fingerprint density at radius 3 is 2.37 bits per heavy atom. The number of aliphatic hydroxyl groups is 2. The van der Waals surface area contributed by atoms with E-state index in [0.29, 0.717) is 19.5 Å². The Morgan fingerprint density at radius 1 is 0.921 bits per heavy atom. The fourth-order valence-electron chi connectivity index (χ4n) is 4.88. The zero-order valence-corrected chi connectivity index (χ0v) is 21.0. The number of nitrogens with zero attached hydrogens (tertiary/aromatic N) is 1. The van der Waals surface area contributed by atoms with E-state index in [1.165, 1.54) is 0 Å². The van der Waals surface area contributed by atoms with Gasteiger partial charge in [0.15, 0.2) is 0 Å². The number of aromatic amines is 1. The van der Waals surface area contributed by atoms with Crippen molar-refractivity contribution in [3.8, 4) is 11.8 Å². The van der Waals surface area contributed by atoms with Crippen molar-refractivity contribution in [1.82, 2.24) is 15.4 Å². The summed E-state index contributed by atoms with van der Waals surface area (Å²) in [6, 6.07) is 24.9. The second-order valence-corrected chi connectivity index (χ2v) is 9.41. The fraction of sp³-hybridized carbons (Fsp3) is 0.258. The van der Waals surface area contributed by atoms with Crippen molar-refractivity contribution >= 4 is 16.8 Å². The first kappa shape index (κ1) is 25.7. The lowest BCUT2D eigenvalue weighted by Crippen LogP contribution is -2.47. The number of amides is 1. The number of carbonyl (C=O) groups is 1. The van der Waals surface area contributed by atoms with Crippen LogP contribution >= 0.6 is 0 Å². The number of hydrogen-bond donors (Lipinski definition) is 4. The maximum absolute atomic E-state index is 13.3. The van der Waals surface area contributed by atoms with Gasteiger partial charge in [-0.05, 0) is 47.9 Å². The van der Waals surface area contributed by atoms with Crippen molar-refractivity contribution in [2.24, 2.45) is 5.92 Å². The topological polar surface area (TPSA) is 97.8 Å². The second kappa shape index (κ2) is 12.1. The third-order valence-electron chi connectivity index (χ3n) is 6.91. The van der Waals surface area contributed by atoms with Gasteiger partial charge in [0.25, 0.3) is 0 Å². The molecule has 1 fully saturated rings. The van der Waals surface area contributed by atoms with E-state index in [1.807, 2.05) is 79.0 Å². The quantitative estimate of drug-likeness (QED) is 0.274. The first-order chi connectivity index (χ1) is 18.7. The molecule has 4 aromatic rings. The van der Waals surface area contributed by atoms with Gasteiger partial charge in [-0.1, -0.05) is 60.4 Å². The molecule has 5 rings (SSSR count). The number of aromatic nitrogens is 1. The SMILES string of the molecule is O=C(NCCc1c[nH]c2ccccc12)C1C(CO)C(CO)ON1Cc1ccc(C#Cc2ccccc2)cc1. The largest absolute Gasteiger partial charge is 0.396 e. The molecule has 1 aliphatic rings. The number of rotatable bonds is 8. The third-order valence-corrected chi connectivity index (χ3v) is 6.91. The molecule has 3 unspecified atom stereocenters. The number of hydrogen-bond acceptors (Lipinski definition) is 5. The van der Waals surface area contributed by atoms with E-state index in [9.17, 15) is 15.0 Å². The van der Waals surface area contributed by atoms with Crippen LogP contribution in [0.4, 0.5) is 0 Å². The molecule has 2 heterocycles. The van der Waals surface area contributed by atoms with Gasteiger partial charge in [0.05, 0.1) is 19.8 Å². The second-order valence-electron chi connectivity index (χ2n) is 9.41. The molecule has 0 aliphatic carbocycles. The molecular weight excluding hydrogens is 478 g/mol. The molecule has 38 heavy (non-hydrogen) atoms. The van der Waals surface area contributed by atoms with E-state index in [2.05, 4.69) is 28.2 Å². The van der Waals surface area contributed by atoms with Crippen LogP contribution in [0.15, 0.2) is 85.1 Å². The lowest BCUT2D eigenvalue weighted by Gasteiger charge is -2.24. The van der Waals surface area contributed by atoms with E-state index in [4.69, 9.17) is 4.84 Å². The normalized spacial score (nSPS) is 19.3. The highest BCUT2D eigenvalue weighted by molar-refractivity contribution is 5.84. The van der Waals surface area contributed by atoms with Crippen molar-refractivity contribution in [1.29, 1.82) is 0 Å². The monoisotopic (exact) mass is 509 g/mol. The van der Waals surface area contributed by atoms with E-state index < -0.39 is 18.1 Å². The minimum Gasteiger partial charge on any atom is -0.396 e. The number of H-pyrrole nitrogens is 1. The Morgan fingerprint density at radius 2 is 1.63 bits per heavy atom. The highest BCUT2D eigenvalue weighted by Crippen LogP contribution is 2.29. The number of benzene rings is 3. The minimum atomic E-state index is -0.724. The first-order valence-corrected chi connectivity index (χ1v) is 12.8. The van der Waals surface area contributed by atoms with Gasteiger partial charge in [0, 0.05) is 40.7 Å². The molecule has 3 aromatic carbocycles. The summed E-state index contributed by atoms with van der Waals surface area (Å²) in [5.74, 6) is 5.54. The highest BCUT2D eigenvalue weighted by atomic mass is 16.7. The van der Waals surface area contributed by atoms with Crippen LogP contribution in [0.1, 0.15) is 22.3 Å². The van der Waals surface area contributed by atoms with Gasteiger partial charge in [0.1, 0.15) is 12.1 Å². The molecule has 1 saturated heterocycles. The molecule has 3 atom stereocenters. The average molecular weight is 510 g/mol. The van der Waals surface area contributed by atoms with E-state index in [-0.39, 0.29) is 19.1 Å². The van der Waals surface area contributed by atoms with Crippen LogP contribution in [0.3, 0.4) is 0 Å². The predicted molar refractivity (Wildman–Crippen MR) is 146 cm³/mol. The summed E-state index contributed by atoms with van der Waals surface area (Å²) in [4.78, 5) is 22.5. The Labute approximate surface area is 222 Å². The summed E-state index contributed by atoms with van der Waals surface area (Å²) in [6.07, 6.45) is 1.98. The van der Waals surface area contributed by atoms with Crippen LogP contribution in [-0.4, -0.2) is 58.1 Å². The summed E-state index contributed by atoms with van der Waals surface area (Å²) in [5.41, 5.74) is 4.95. The predicted octanol–water partition coefficient (Wildman–Crippen LogP) is 3.01. The van der Waals surface area contributed by atoms with Gasteiger partial charge in [-0.2, -0.15) is 5.06 Å². The molecule has 0 saturated carbocycles. The Kier molecular flexibility index (Phi) is 8.17. The minimum absolute atomic E-state index is 0.231. The van der Waals surface area contributed by atoms with Gasteiger partial charge in [-0.25, -0.2) is 0 Å². The molecule has 0 bridgehead atoms.